The Morgan fingerprint density at radius 3 is 2.75 bits per heavy atom. The van der Waals surface area contributed by atoms with E-state index in [9.17, 15) is 18.0 Å². The van der Waals surface area contributed by atoms with Crippen LogP contribution < -0.4 is 10.1 Å². The zero-order chi connectivity index (χ0) is 25.5. The van der Waals surface area contributed by atoms with Crippen molar-refractivity contribution in [3.05, 3.63) is 66.0 Å². The smallest absolute Gasteiger partial charge is 0.432 e. The van der Waals surface area contributed by atoms with Gasteiger partial charge >= 0.3 is 12.1 Å². The highest BCUT2D eigenvalue weighted by molar-refractivity contribution is 6.05. The number of aromatic amines is 1. The zero-order valence-electron chi connectivity index (χ0n) is 19.6. The monoisotopic (exact) mass is 498 g/mol. The maximum absolute atomic E-state index is 13.0. The third-order valence-corrected chi connectivity index (χ3v) is 5.70. The minimum Gasteiger partial charge on any atom is -0.490 e. The molecule has 1 fully saturated rings. The molecule has 188 valence electrons. The number of rotatable bonds is 7. The topological polar surface area (TPSA) is 79.5 Å². The van der Waals surface area contributed by atoms with E-state index in [1.807, 2.05) is 18.2 Å². The van der Waals surface area contributed by atoms with Crippen molar-refractivity contribution < 1.29 is 27.4 Å². The Morgan fingerprint density at radius 1 is 1.25 bits per heavy atom. The minimum absolute atomic E-state index is 0.0161. The molecule has 1 aliphatic heterocycles. The molecule has 4 rings (SSSR count). The van der Waals surface area contributed by atoms with E-state index in [4.69, 9.17) is 9.47 Å². The molecule has 0 saturated carbocycles. The number of imidazole rings is 1. The lowest BCUT2D eigenvalue weighted by Crippen LogP contribution is -2.27. The third-order valence-electron chi connectivity index (χ3n) is 5.70. The van der Waals surface area contributed by atoms with Crippen LogP contribution in [0.2, 0.25) is 0 Å². The van der Waals surface area contributed by atoms with E-state index >= 15 is 0 Å². The van der Waals surface area contributed by atoms with Crippen LogP contribution in [0.4, 0.5) is 18.9 Å². The van der Waals surface area contributed by atoms with Gasteiger partial charge in [0.05, 0.1) is 18.0 Å². The molecule has 3 aromatic rings. The maximum Gasteiger partial charge on any atom is 0.432 e. The lowest BCUT2D eigenvalue weighted by Gasteiger charge is -2.17. The number of ether oxygens (including phenoxy) is 2. The van der Waals surface area contributed by atoms with Crippen molar-refractivity contribution in [3.8, 4) is 29.0 Å². The number of nitrogens with one attached hydrogen (secondary N) is 2. The Bertz CT molecular complexity index is 1250. The highest BCUT2D eigenvalue weighted by Gasteiger charge is 2.33. The number of hydrogen-bond donors (Lipinski definition) is 2. The second kappa shape index (κ2) is 11.3. The molecule has 2 N–H and O–H groups in total. The fourth-order valence-electron chi connectivity index (χ4n) is 3.79. The first-order chi connectivity index (χ1) is 17.3. The van der Waals surface area contributed by atoms with Crippen molar-refractivity contribution in [3.63, 3.8) is 0 Å². The van der Waals surface area contributed by atoms with E-state index in [-0.39, 0.29) is 17.6 Å². The van der Waals surface area contributed by atoms with Crippen molar-refractivity contribution in [2.45, 2.75) is 18.7 Å². The van der Waals surface area contributed by atoms with Gasteiger partial charge in [-0.15, -0.1) is 0 Å². The number of aromatic nitrogens is 2. The Hall–Kier alpha value is -3.81. The molecule has 1 unspecified atom stereocenters. The summed E-state index contributed by atoms with van der Waals surface area (Å²) in [6, 6.07) is 13.7. The second-order valence-electron chi connectivity index (χ2n) is 8.22. The molecule has 7 nitrogen and oxygen atoms in total. The quantitative estimate of drug-likeness (QED) is 0.478. The summed E-state index contributed by atoms with van der Waals surface area (Å²) < 4.78 is 50.3. The number of nitrogens with zero attached hydrogens (tertiary/aromatic N) is 2. The van der Waals surface area contributed by atoms with Gasteiger partial charge in [0, 0.05) is 43.8 Å². The van der Waals surface area contributed by atoms with Crippen LogP contribution in [0.5, 0.6) is 5.75 Å². The Morgan fingerprint density at radius 2 is 2.06 bits per heavy atom. The molecule has 2 heterocycles. The van der Waals surface area contributed by atoms with E-state index in [0.29, 0.717) is 30.0 Å². The number of halogens is 3. The van der Waals surface area contributed by atoms with Gasteiger partial charge < -0.3 is 19.8 Å². The van der Waals surface area contributed by atoms with Crippen LogP contribution >= 0.6 is 0 Å². The van der Waals surface area contributed by atoms with Crippen LogP contribution in [0.3, 0.4) is 0 Å². The summed E-state index contributed by atoms with van der Waals surface area (Å²) in [6.07, 6.45) is -2.66. The van der Waals surface area contributed by atoms with Gasteiger partial charge in [-0.05, 0) is 36.8 Å². The molecular weight excluding hydrogens is 473 g/mol. The average Bonchev–Trinajstić information content (AvgIpc) is 3.54. The fourth-order valence-corrected chi connectivity index (χ4v) is 3.79. The number of alkyl halides is 3. The molecule has 1 aromatic heterocycles. The second-order valence-corrected chi connectivity index (χ2v) is 8.22. The summed E-state index contributed by atoms with van der Waals surface area (Å²) >= 11 is 0. The number of hydrogen-bond acceptors (Lipinski definition) is 5. The molecule has 1 saturated heterocycles. The van der Waals surface area contributed by atoms with Gasteiger partial charge in [-0.1, -0.05) is 24.1 Å². The van der Waals surface area contributed by atoms with Gasteiger partial charge in [-0.25, -0.2) is 4.98 Å². The van der Waals surface area contributed by atoms with E-state index in [2.05, 4.69) is 32.0 Å². The highest BCUT2D eigenvalue weighted by atomic mass is 19.4. The van der Waals surface area contributed by atoms with Crippen LogP contribution in [-0.4, -0.2) is 60.2 Å². The minimum atomic E-state index is -4.55. The van der Waals surface area contributed by atoms with Crippen molar-refractivity contribution in [1.29, 1.82) is 0 Å². The molecular formula is C26H25F3N4O3. The molecule has 1 amide bonds. The third kappa shape index (κ3) is 6.65. The first-order valence-electron chi connectivity index (χ1n) is 11.3. The van der Waals surface area contributed by atoms with Crippen molar-refractivity contribution in [1.82, 2.24) is 14.9 Å². The van der Waals surface area contributed by atoms with Crippen molar-refractivity contribution in [2.24, 2.45) is 0 Å². The molecule has 1 aliphatic rings. The highest BCUT2D eigenvalue weighted by Crippen LogP contribution is 2.33. The van der Waals surface area contributed by atoms with Crippen LogP contribution in [0.15, 0.2) is 54.7 Å². The summed E-state index contributed by atoms with van der Waals surface area (Å²) in [4.78, 5) is 20.9. The summed E-state index contributed by atoms with van der Waals surface area (Å²) in [5.41, 5.74) is 0.345. The maximum atomic E-state index is 13.0. The Labute approximate surface area is 206 Å². The van der Waals surface area contributed by atoms with Gasteiger partial charge in [0.1, 0.15) is 23.9 Å². The van der Waals surface area contributed by atoms with Crippen molar-refractivity contribution in [2.75, 3.05) is 38.7 Å². The molecule has 0 aliphatic carbocycles. The summed E-state index contributed by atoms with van der Waals surface area (Å²) in [6.45, 7) is 2.74. The summed E-state index contributed by atoms with van der Waals surface area (Å²) in [5.74, 6) is 5.10. The number of H-pyrrole nitrogens is 1. The number of anilines is 1. The standard InChI is InChI=1S/C26H25F3N4O3/c1-35-20-11-12-33(17-20)13-14-36-22-9-8-19(25-30-16-23(32-25)26(27,28)29)15-21(22)31-24(34)10-7-18-5-3-2-4-6-18/h2-6,8-9,15-16,20H,11-14,17H2,1H3,(H,30,32)(H,31,34). The zero-order valence-corrected chi connectivity index (χ0v) is 19.6. The van der Waals surface area contributed by atoms with Crippen LogP contribution in [0.1, 0.15) is 17.7 Å². The van der Waals surface area contributed by atoms with E-state index in [1.54, 1.807) is 31.4 Å². The summed E-state index contributed by atoms with van der Waals surface area (Å²) in [7, 11) is 1.69. The SMILES string of the molecule is COC1CCN(CCOc2ccc(-c3ncc(C(F)(F)F)[nH]3)cc2NC(=O)C#Cc2ccccc2)C1. The predicted octanol–water partition coefficient (Wildman–Crippen LogP) is 4.19. The van der Waals surface area contributed by atoms with E-state index in [0.717, 1.165) is 25.7 Å². The molecule has 0 bridgehead atoms. The van der Waals surface area contributed by atoms with Crippen LogP contribution in [0, 0.1) is 11.8 Å². The van der Waals surface area contributed by atoms with E-state index in [1.165, 1.54) is 6.07 Å². The normalized spacial score (nSPS) is 15.8. The molecule has 10 heteroatoms. The molecule has 0 spiro atoms. The number of methoxy groups -OCH3 is 1. The Kier molecular flexibility index (Phi) is 7.93. The molecule has 0 radical (unpaired) electrons. The lowest BCUT2D eigenvalue weighted by atomic mass is 10.1. The number of carbonyl (C=O) groups excluding carboxylic acids is 1. The van der Waals surface area contributed by atoms with Gasteiger partial charge in [0.15, 0.2) is 0 Å². The van der Waals surface area contributed by atoms with Gasteiger partial charge in [0.2, 0.25) is 0 Å². The molecule has 1 atom stereocenters. The molecule has 2 aromatic carbocycles. The number of amides is 1. The predicted molar refractivity (Wildman–Crippen MR) is 128 cm³/mol. The molecule has 36 heavy (non-hydrogen) atoms. The fraction of sp³-hybridized carbons (Fsp3) is 0.308. The van der Waals surface area contributed by atoms with E-state index < -0.39 is 17.8 Å². The number of carbonyl (C=O) groups is 1. The largest absolute Gasteiger partial charge is 0.490 e. The first-order valence-corrected chi connectivity index (χ1v) is 11.3. The number of likely N-dealkylation sites (tertiary alicyclic amines) is 1. The number of benzene rings is 2. The van der Waals surface area contributed by atoms with Crippen LogP contribution in [-0.2, 0) is 15.7 Å². The van der Waals surface area contributed by atoms with Crippen molar-refractivity contribution >= 4 is 11.6 Å². The van der Waals surface area contributed by atoms with Crippen LogP contribution in [0.25, 0.3) is 11.4 Å². The lowest BCUT2D eigenvalue weighted by molar-refractivity contribution is -0.140. The van der Waals surface area contributed by atoms with Gasteiger partial charge in [0.25, 0.3) is 0 Å². The average molecular weight is 499 g/mol. The van der Waals surface area contributed by atoms with Gasteiger partial charge in [-0.2, -0.15) is 13.2 Å². The summed E-state index contributed by atoms with van der Waals surface area (Å²) in [5, 5.41) is 2.69. The first kappa shape index (κ1) is 25.3. The Balaban J connectivity index is 1.51. The van der Waals surface area contributed by atoms with Gasteiger partial charge in [-0.3, -0.25) is 9.69 Å².